The summed E-state index contributed by atoms with van der Waals surface area (Å²) in [5.74, 6) is -0.873. The van der Waals surface area contributed by atoms with Gasteiger partial charge in [0.2, 0.25) is 0 Å². The molecule has 4 aromatic rings. The summed E-state index contributed by atoms with van der Waals surface area (Å²) in [6.45, 7) is 1.13. The second-order valence-electron chi connectivity index (χ2n) is 7.25. The van der Waals surface area contributed by atoms with Gasteiger partial charge in [-0.05, 0) is 59.4 Å². The van der Waals surface area contributed by atoms with E-state index in [2.05, 4.69) is 34.2 Å². The Kier molecular flexibility index (Phi) is 6.58. The van der Waals surface area contributed by atoms with Crippen LogP contribution < -0.4 is 16.2 Å². The molecule has 0 saturated heterocycles. The van der Waals surface area contributed by atoms with Gasteiger partial charge in [-0.3, -0.25) is 14.2 Å². The van der Waals surface area contributed by atoms with Crippen molar-refractivity contribution in [2.45, 2.75) is 13.1 Å². The number of nitrogens with zero attached hydrogens (tertiary/aromatic N) is 1. The number of thiophene rings is 1. The Morgan fingerprint density at radius 3 is 2.69 bits per heavy atom. The van der Waals surface area contributed by atoms with Gasteiger partial charge < -0.3 is 10.6 Å². The molecule has 0 aliphatic heterocycles. The van der Waals surface area contributed by atoms with Gasteiger partial charge in [0, 0.05) is 30.2 Å². The van der Waals surface area contributed by atoms with Gasteiger partial charge in [-0.2, -0.15) is 0 Å². The fraction of sp³-hybridized carbons (Fsp3) is 0.120. The number of rotatable bonds is 7. The van der Waals surface area contributed by atoms with Crippen LogP contribution in [0.5, 0.6) is 0 Å². The van der Waals surface area contributed by atoms with E-state index in [1.54, 1.807) is 23.5 Å². The minimum atomic E-state index is -0.532. The molecule has 0 aliphatic rings. The summed E-state index contributed by atoms with van der Waals surface area (Å²) < 4.78 is 15.3. The zero-order valence-electron chi connectivity index (χ0n) is 17.5. The topological polar surface area (TPSA) is 63.1 Å². The van der Waals surface area contributed by atoms with Crippen molar-refractivity contribution in [2.24, 2.45) is 0 Å². The number of hydrogen-bond acceptors (Lipinski definition) is 4. The molecule has 0 atom stereocenters. The number of benzene rings is 2. The summed E-state index contributed by atoms with van der Waals surface area (Å²) >= 11 is 1.71. The van der Waals surface area contributed by atoms with Crippen molar-refractivity contribution in [1.82, 2.24) is 15.2 Å². The second kappa shape index (κ2) is 9.72. The Morgan fingerprint density at radius 1 is 1.03 bits per heavy atom. The minimum absolute atomic E-state index is 0.105. The molecular formula is C25H22FN3O2S. The quantitative estimate of drug-likeness (QED) is 0.443. The van der Waals surface area contributed by atoms with Gasteiger partial charge >= 0.3 is 0 Å². The van der Waals surface area contributed by atoms with Crippen molar-refractivity contribution in [3.05, 3.63) is 110 Å². The fourth-order valence-corrected chi connectivity index (χ4v) is 4.39. The monoisotopic (exact) mass is 447 g/mol. The summed E-state index contributed by atoms with van der Waals surface area (Å²) in [5, 5.41) is 8.14. The molecule has 7 heteroatoms. The number of aromatic nitrogens is 1. The number of hydrogen-bond donors (Lipinski definition) is 2. The normalized spacial score (nSPS) is 10.8. The van der Waals surface area contributed by atoms with E-state index in [1.165, 1.54) is 40.9 Å². The third-order valence-electron chi connectivity index (χ3n) is 5.06. The first-order valence-corrected chi connectivity index (χ1v) is 11.0. The van der Waals surface area contributed by atoms with Gasteiger partial charge in [-0.1, -0.05) is 30.3 Å². The number of carbonyl (C=O) groups excluding carboxylic acids is 1. The van der Waals surface area contributed by atoms with Crippen molar-refractivity contribution >= 4 is 17.2 Å². The lowest BCUT2D eigenvalue weighted by molar-refractivity contribution is 0.0950. The molecule has 1 amide bonds. The van der Waals surface area contributed by atoms with E-state index in [-0.39, 0.29) is 17.2 Å². The molecule has 162 valence electrons. The summed E-state index contributed by atoms with van der Waals surface area (Å²) in [5.41, 5.74) is 3.20. The number of amides is 1. The Bertz CT molecular complexity index is 1310. The standard InChI is InChI=1S/C25H22FN3O2S/c1-27-15-23-20(11-12-32-23)18-6-4-5-17(13-18)14-28-25(31)19-9-10-24(30)29(16-19)22-8-3-2-7-21(22)26/h2-13,16,27H,14-15H2,1H3,(H,28,31). The zero-order chi connectivity index (χ0) is 22.5. The third kappa shape index (κ3) is 4.69. The molecule has 2 heterocycles. The van der Waals surface area contributed by atoms with Crippen molar-refractivity contribution in [2.75, 3.05) is 7.05 Å². The Labute approximate surface area is 189 Å². The maximum absolute atomic E-state index is 14.1. The molecule has 0 unspecified atom stereocenters. The Morgan fingerprint density at radius 2 is 1.88 bits per heavy atom. The summed E-state index contributed by atoms with van der Waals surface area (Å²) in [6.07, 6.45) is 1.36. The van der Waals surface area contributed by atoms with E-state index in [9.17, 15) is 14.0 Å². The van der Waals surface area contributed by atoms with Crippen LogP contribution in [0.1, 0.15) is 20.8 Å². The van der Waals surface area contributed by atoms with Gasteiger partial charge in [0.1, 0.15) is 5.82 Å². The lowest BCUT2D eigenvalue weighted by Crippen LogP contribution is -2.26. The molecule has 2 aromatic carbocycles. The van der Waals surface area contributed by atoms with Crippen LogP contribution in [0.3, 0.4) is 0 Å². The van der Waals surface area contributed by atoms with E-state index < -0.39 is 11.4 Å². The molecule has 0 radical (unpaired) electrons. The fourth-order valence-electron chi connectivity index (χ4n) is 3.49. The highest BCUT2D eigenvalue weighted by Crippen LogP contribution is 2.28. The minimum Gasteiger partial charge on any atom is -0.348 e. The lowest BCUT2D eigenvalue weighted by Gasteiger charge is -2.11. The Balaban J connectivity index is 1.51. The smallest absolute Gasteiger partial charge is 0.255 e. The van der Waals surface area contributed by atoms with Crippen LogP contribution in [0, 0.1) is 5.82 Å². The highest BCUT2D eigenvalue weighted by Gasteiger charge is 2.12. The molecule has 5 nitrogen and oxygen atoms in total. The van der Waals surface area contributed by atoms with E-state index >= 15 is 0 Å². The van der Waals surface area contributed by atoms with Crippen LogP contribution >= 0.6 is 11.3 Å². The third-order valence-corrected chi connectivity index (χ3v) is 5.98. The molecule has 0 saturated carbocycles. The van der Waals surface area contributed by atoms with Crippen LogP contribution in [0.4, 0.5) is 4.39 Å². The van der Waals surface area contributed by atoms with Crippen molar-refractivity contribution in [3.63, 3.8) is 0 Å². The average Bonchev–Trinajstić information content (AvgIpc) is 3.27. The number of para-hydroxylation sites is 1. The predicted octanol–water partition coefficient (Wildman–Crippen LogP) is 4.35. The lowest BCUT2D eigenvalue weighted by atomic mass is 10.0. The highest BCUT2D eigenvalue weighted by atomic mass is 32.1. The largest absolute Gasteiger partial charge is 0.348 e. The van der Waals surface area contributed by atoms with Gasteiger partial charge in [-0.15, -0.1) is 11.3 Å². The summed E-state index contributed by atoms with van der Waals surface area (Å²) in [4.78, 5) is 26.2. The van der Waals surface area contributed by atoms with E-state index in [0.29, 0.717) is 6.54 Å². The molecule has 0 fully saturated rings. The molecule has 4 rings (SSSR count). The number of halogens is 1. The zero-order valence-corrected chi connectivity index (χ0v) is 18.3. The number of nitrogens with one attached hydrogen (secondary N) is 2. The van der Waals surface area contributed by atoms with Crippen LogP contribution in [-0.4, -0.2) is 17.5 Å². The maximum Gasteiger partial charge on any atom is 0.255 e. The van der Waals surface area contributed by atoms with Crippen LogP contribution in [0.15, 0.2) is 83.1 Å². The first kappa shape index (κ1) is 21.7. The highest BCUT2D eigenvalue weighted by molar-refractivity contribution is 7.10. The molecule has 2 aromatic heterocycles. The average molecular weight is 448 g/mol. The molecule has 0 bridgehead atoms. The molecular weight excluding hydrogens is 425 g/mol. The molecule has 0 spiro atoms. The molecule has 2 N–H and O–H groups in total. The molecule has 32 heavy (non-hydrogen) atoms. The van der Waals surface area contributed by atoms with E-state index in [1.807, 2.05) is 19.2 Å². The maximum atomic E-state index is 14.1. The summed E-state index contributed by atoms with van der Waals surface area (Å²) in [6, 6.07) is 18.8. The van der Waals surface area contributed by atoms with Gasteiger partial charge in [0.15, 0.2) is 0 Å². The summed E-state index contributed by atoms with van der Waals surface area (Å²) in [7, 11) is 1.92. The SMILES string of the molecule is CNCc1sccc1-c1cccc(CNC(=O)c2ccc(=O)n(-c3ccccc3F)c2)c1. The predicted molar refractivity (Wildman–Crippen MR) is 126 cm³/mol. The van der Waals surface area contributed by atoms with Gasteiger partial charge in [0.25, 0.3) is 11.5 Å². The van der Waals surface area contributed by atoms with Crippen LogP contribution in [0.2, 0.25) is 0 Å². The van der Waals surface area contributed by atoms with Crippen molar-refractivity contribution in [1.29, 1.82) is 0 Å². The van der Waals surface area contributed by atoms with Crippen LogP contribution in [0.25, 0.3) is 16.8 Å². The van der Waals surface area contributed by atoms with Gasteiger partial charge in [-0.25, -0.2) is 4.39 Å². The Hall–Kier alpha value is -3.55. The second-order valence-corrected chi connectivity index (χ2v) is 8.25. The molecule has 0 aliphatic carbocycles. The first-order valence-electron chi connectivity index (χ1n) is 10.1. The van der Waals surface area contributed by atoms with E-state index in [4.69, 9.17) is 0 Å². The van der Waals surface area contributed by atoms with E-state index in [0.717, 1.165) is 22.2 Å². The first-order chi connectivity index (χ1) is 15.6. The van der Waals surface area contributed by atoms with Crippen LogP contribution in [-0.2, 0) is 13.1 Å². The number of pyridine rings is 1. The van der Waals surface area contributed by atoms with Crippen molar-refractivity contribution < 1.29 is 9.18 Å². The number of carbonyl (C=O) groups is 1. The van der Waals surface area contributed by atoms with Crippen molar-refractivity contribution in [3.8, 4) is 16.8 Å². The van der Waals surface area contributed by atoms with Gasteiger partial charge in [0.05, 0.1) is 11.3 Å².